The molecule has 16 heavy (non-hydrogen) atoms. The van der Waals surface area contributed by atoms with Gasteiger partial charge in [-0.25, -0.2) is 0 Å². The molecule has 1 fully saturated rings. The predicted molar refractivity (Wildman–Crippen MR) is 68.1 cm³/mol. The molecule has 0 unspecified atom stereocenters. The highest BCUT2D eigenvalue weighted by atomic mass is 15.2. The molecule has 0 saturated carbocycles. The van der Waals surface area contributed by atoms with Crippen molar-refractivity contribution in [1.82, 2.24) is 4.90 Å². The molecule has 0 radical (unpaired) electrons. The van der Waals surface area contributed by atoms with Crippen LogP contribution < -0.4 is 5.73 Å². The minimum atomic E-state index is 0.377. The number of hydrogen-bond acceptors (Lipinski definition) is 2. The Labute approximate surface area is 98.4 Å². The van der Waals surface area contributed by atoms with E-state index in [4.69, 9.17) is 5.73 Å². The van der Waals surface area contributed by atoms with Crippen LogP contribution in [0.3, 0.4) is 0 Å². The zero-order valence-corrected chi connectivity index (χ0v) is 10.3. The molecule has 1 heterocycles. The fourth-order valence-electron chi connectivity index (χ4n) is 2.50. The largest absolute Gasteiger partial charge is 0.327 e. The maximum Gasteiger partial charge on any atom is 0.0236 e. The van der Waals surface area contributed by atoms with Gasteiger partial charge in [0.1, 0.15) is 0 Å². The molecule has 1 saturated heterocycles. The summed E-state index contributed by atoms with van der Waals surface area (Å²) in [6.07, 6.45) is 1.12. The molecule has 2 N–H and O–H groups in total. The molecular weight excluding hydrogens is 196 g/mol. The average Bonchev–Trinajstić information content (AvgIpc) is 2.27. The van der Waals surface area contributed by atoms with Gasteiger partial charge in [-0.2, -0.15) is 0 Å². The van der Waals surface area contributed by atoms with Gasteiger partial charge in [-0.15, -0.1) is 0 Å². The van der Waals surface area contributed by atoms with E-state index in [0.29, 0.717) is 18.0 Å². The molecule has 88 valence electrons. The third kappa shape index (κ3) is 2.63. The van der Waals surface area contributed by atoms with Crippen molar-refractivity contribution in [2.75, 3.05) is 6.54 Å². The third-order valence-electron chi connectivity index (χ3n) is 3.72. The summed E-state index contributed by atoms with van der Waals surface area (Å²) in [5.41, 5.74) is 7.50. The number of benzene rings is 1. The molecule has 2 heteroatoms. The summed E-state index contributed by atoms with van der Waals surface area (Å²) in [5.74, 6) is 0.611. The van der Waals surface area contributed by atoms with Crippen LogP contribution in [-0.2, 0) is 6.54 Å². The van der Waals surface area contributed by atoms with Gasteiger partial charge in [0.15, 0.2) is 0 Å². The van der Waals surface area contributed by atoms with E-state index in [2.05, 4.69) is 49.1 Å². The van der Waals surface area contributed by atoms with Gasteiger partial charge < -0.3 is 5.73 Å². The highest BCUT2D eigenvalue weighted by Crippen LogP contribution is 2.22. The molecule has 0 spiro atoms. The van der Waals surface area contributed by atoms with Gasteiger partial charge in [-0.1, -0.05) is 37.3 Å². The molecular formula is C14H22N2. The maximum absolute atomic E-state index is 6.10. The van der Waals surface area contributed by atoms with Crippen molar-refractivity contribution in [3.8, 4) is 0 Å². The number of nitrogens with zero attached hydrogens (tertiary/aromatic N) is 1. The minimum absolute atomic E-state index is 0.377. The van der Waals surface area contributed by atoms with Gasteiger partial charge in [0, 0.05) is 25.2 Å². The van der Waals surface area contributed by atoms with Crippen molar-refractivity contribution in [2.24, 2.45) is 11.7 Å². The number of nitrogens with two attached hydrogens (primary N) is 1. The Kier molecular flexibility index (Phi) is 3.62. The average molecular weight is 218 g/mol. The second-order valence-electron chi connectivity index (χ2n) is 5.14. The number of rotatable bonds is 2. The van der Waals surface area contributed by atoms with E-state index in [-0.39, 0.29) is 0 Å². The fourth-order valence-corrected chi connectivity index (χ4v) is 2.50. The third-order valence-corrected chi connectivity index (χ3v) is 3.72. The van der Waals surface area contributed by atoms with Gasteiger partial charge in [-0.3, -0.25) is 4.90 Å². The Morgan fingerprint density at radius 3 is 2.62 bits per heavy atom. The van der Waals surface area contributed by atoms with E-state index in [1.54, 1.807) is 0 Å². The van der Waals surface area contributed by atoms with Crippen molar-refractivity contribution in [2.45, 2.75) is 38.9 Å². The second kappa shape index (κ2) is 4.98. The van der Waals surface area contributed by atoms with Crippen molar-refractivity contribution in [3.05, 3.63) is 35.9 Å². The maximum atomic E-state index is 6.10. The zero-order valence-electron chi connectivity index (χ0n) is 10.3. The summed E-state index contributed by atoms with van der Waals surface area (Å²) in [6.45, 7) is 6.72. The number of hydrogen-bond donors (Lipinski definition) is 1. The van der Waals surface area contributed by atoms with Crippen molar-refractivity contribution < 1.29 is 0 Å². The highest BCUT2D eigenvalue weighted by Gasteiger charge is 2.28. The Bertz CT molecular complexity index is 323. The van der Waals surface area contributed by atoms with E-state index in [1.165, 1.54) is 5.56 Å². The van der Waals surface area contributed by atoms with Crippen LogP contribution in [0.15, 0.2) is 30.3 Å². The molecule has 1 aliphatic heterocycles. The Morgan fingerprint density at radius 2 is 1.94 bits per heavy atom. The lowest BCUT2D eigenvalue weighted by Gasteiger charge is -2.40. The highest BCUT2D eigenvalue weighted by molar-refractivity contribution is 5.14. The molecule has 0 aromatic heterocycles. The van der Waals surface area contributed by atoms with Crippen LogP contribution in [0.1, 0.15) is 25.8 Å². The lowest BCUT2D eigenvalue weighted by Crippen LogP contribution is -2.50. The van der Waals surface area contributed by atoms with E-state index in [1.807, 2.05) is 0 Å². The molecule has 0 aliphatic carbocycles. The van der Waals surface area contributed by atoms with Crippen LogP contribution in [0.4, 0.5) is 0 Å². The quantitative estimate of drug-likeness (QED) is 0.825. The van der Waals surface area contributed by atoms with Gasteiger partial charge >= 0.3 is 0 Å². The predicted octanol–water partition coefficient (Wildman–Crippen LogP) is 2.24. The first kappa shape index (κ1) is 11.6. The number of piperidine rings is 1. The minimum Gasteiger partial charge on any atom is -0.327 e. The monoisotopic (exact) mass is 218 g/mol. The lowest BCUT2D eigenvalue weighted by molar-refractivity contribution is 0.102. The van der Waals surface area contributed by atoms with E-state index < -0.39 is 0 Å². The zero-order chi connectivity index (χ0) is 11.5. The molecule has 1 aromatic rings. The molecule has 3 atom stereocenters. The van der Waals surface area contributed by atoms with Crippen molar-refractivity contribution >= 4 is 0 Å². The smallest absolute Gasteiger partial charge is 0.0236 e. The Balaban J connectivity index is 2.00. The lowest BCUT2D eigenvalue weighted by atomic mass is 9.90. The van der Waals surface area contributed by atoms with Crippen LogP contribution >= 0.6 is 0 Å². The summed E-state index contributed by atoms with van der Waals surface area (Å²) in [4.78, 5) is 2.54. The standard InChI is InChI=1S/C14H22N2/c1-11-9-16(12(2)8-14(11)15)10-13-6-4-3-5-7-13/h3-7,11-12,14H,8-10,15H2,1-2H3/t11-,12-,14+/m1/s1. The normalized spacial score (nSPS) is 31.6. The second-order valence-corrected chi connectivity index (χ2v) is 5.14. The van der Waals surface area contributed by atoms with E-state index in [0.717, 1.165) is 19.5 Å². The van der Waals surface area contributed by atoms with Crippen LogP contribution in [0.2, 0.25) is 0 Å². The Morgan fingerprint density at radius 1 is 1.25 bits per heavy atom. The SMILES string of the molecule is C[C@@H]1CN(Cc2ccccc2)[C@H](C)C[C@@H]1N. The summed E-state index contributed by atoms with van der Waals surface area (Å²) in [7, 11) is 0. The topological polar surface area (TPSA) is 29.3 Å². The first-order chi connectivity index (χ1) is 7.66. The summed E-state index contributed by atoms with van der Waals surface area (Å²) in [5, 5.41) is 0. The summed E-state index contributed by atoms with van der Waals surface area (Å²) >= 11 is 0. The van der Waals surface area contributed by atoms with Crippen LogP contribution in [0, 0.1) is 5.92 Å². The molecule has 2 nitrogen and oxygen atoms in total. The van der Waals surface area contributed by atoms with E-state index >= 15 is 0 Å². The van der Waals surface area contributed by atoms with Crippen LogP contribution in [0.25, 0.3) is 0 Å². The molecule has 2 rings (SSSR count). The first-order valence-electron chi connectivity index (χ1n) is 6.20. The van der Waals surface area contributed by atoms with Crippen LogP contribution in [-0.4, -0.2) is 23.5 Å². The number of likely N-dealkylation sites (tertiary alicyclic amines) is 1. The molecule has 0 bridgehead atoms. The van der Waals surface area contributed by atoms with Gasteiger partial charge in [0.05, 0.1) is 0 Å². The summed E-state index contributed by atoms with van der Waals surface area (Å²) < 4.78 is 0. The van der Waals surface area contributed by atoms with Crippen molar-refractivity contribution in [3.63, 3.8) is 0 Å². The molecule has 1 aliphatic rings. The van der Waals surface area contributed by atoms with Gasteiger partial charge in [0.25, 0.3) is 0 Å². The van der Waals surface area contributed by atoms with Gasteiger partial charge in [0.2, 0.25) is 0 Å². The Hall–Kier alpha value is -0.860. The van der Waals surface area contributed by atoms with E-state index in [9.17, 15) is 0 Å². The summed E-state index contributed by atoms with van der Waals surface area (Å²) in [6, 6.07) is 11.7. The van der Waals surface area contributed by atoms with Crippen LogP contribution in [0.5, 0.6) is 0 Å². The molecule has 0 amide bonds. The van der Waals surface area contributed by atoms with Gasteiger partial charge in [-0.05, 0) is 24.8 Å². The molecule has 1 aromatic carbocycles. The fraction of sp³-hybridized carbons (Fsp3) is 0.571. The first-order valence-corrected chi connectivity index (χ1v) is 6.20. The van der Waals surface area contributed by atoms with Crippen molar-refractivity contribution in [1.29, 1.82) is 0 Å².